The van der Waals surface area contributed by atoms with Gasteiger partial charge in [0.15, 0.2) is 0 Å². The highest BCUT2D eigenvalue weighted by Crippen LogP contribution is 2.38. The van der Waals surface area contributed by atoms with Gasteiger partial charge >= 0.3 is 6.18 Å². The van der Waals surface area contributed by atoms with E-state index in [0.717, 1.165) is 18.0 Å². The summed E-state index contributed by atoms with van der Waals surface area (Å²) in [5, 5.41) is 22.9. The molecule has 13 heteroatoms. The minimum atomic E-state index is -4.83. The third-order valence-electron chi connectivity index (χ3n) is 6.82. The molecule has 1 aliphatic heterocycles. The summed E-state index contributed by atoms with van der Waals surface area (Å²) < 4.78 is 45.5. The first-order valence-corrected chi connectivity index (χ1v) is 12.3. The molecule has 4 rings (SSSR count). The number of nitrogens with zero attached hydrogens (tertiary/aromatic N) is 5. The van der Waals surface area contributed by atoms with E-state index in [1.54, 1.807) is 17.0 Å². The lowest BCUT2D eigenvalue weighted by Gasteiger charge is -2.36. The van der Waals surface area contributed by atoms with E-state index in [0.29, 0.717) is 57.4 Å². The quantitative estimate of drug-likeness (QED) is 0.420. The Balaban J connectivity index is 1.20. The molecule has 0 unspecified atom stereocenters. The number of anilines is 2. The van der Waals surface area contributed by atoms with Gasteiger partial charge in [0.1, 0.15) is 24.1 Å². The number of nitriles is 1. The lowest BCUT2D eigenvalue weighted by Crippen LogP contribution is -2.50. The van der Waals surface area contributed by atoms with Gasteiger partial charge in [-0.1, -0.05) is 0 Å². The Bertz CT molecular complexity index is 1190. The highest BCUT2D eigenvalue weighted by molar-refractivity contribution is 5.77. The number of carbonyl (C=O) groups excluding carboxylic acids is 1. The van der Waals surface area contributed by atoms with Crippen LogP contribution in [-0.2, 0) is 15.7 Å². The number of nitrogens with one attached hydrogen (secondary N) is 1. The van der Waals surface area contributed by atoms with Gasteiger partial charge in [0.2, 0.25) is 5.91 Å². The molecule has 0 atom stereocenters. The summed E-state index contributed by atoms with van der Waals surface area (Å²) in [6.07, 6.45) is -0.878. The third-order valence-corrected chi connectivity index (χ3v) is 6.82. The zero-order valence-electron chi connectivity index (χ0n) is 20.5. The van der Waals surface area contributed by atoms with Crippen LogP contribution in [0.25, 0.3) is 0 Å². The molecule has 0 spiro atoms. The van der Waals surface area contributed by atoms with Crippen LogP contribution in [0.15, 0.2) is 36.5 Å². The summed E-state index contributed by atoms with van der Waals surface area (Å²) in [6.45, 7) is 2.29. The van der Waals surface area contributed by atoms with Crippen molar-refractivity contribution >= 4 is 23.1 Å². The first-order valence-electron chi connectivity index (χ1n) is 12.3. The van der Waals surface area contributed by atoms with E-state index in [1.807, 2.05) is 6.07 Å². The van der Waals surface area contributed by atoms with Gasteiger partial charge in [-0.2, -0.15) is 18.4 Å². The maximum absolute atomic E-state index is 13.2. The number of ether oxygens (including phenoxy) is 1. The normalized spacial score (nSPS) is 20.1. The Kier molecular flexibility index (Phi) is 8.31. The van der Waals surface area contributed by atoms with Gasteiger partial charge in [0.25, 0.3) is 5.69 Å². The Morgan fingerprint density at radius 2 is 1.87 bits per heavy atom. The van der Waals surface area contributed by atoms with Crippen LogP contribution in [0.3, 0.4) is 0 Å². The molecule has 1 amide bonds. The van der Waals surface area contributed by atoms with Crippen LogP contribution in [0.4, 0.5) is 30.4 Å². The van der Waals surface area contributed by atoms with E-state index in [4.69, 9.17) is 10.00 Å². The number of hydrogen-bond acceptors (Lipinski definition) is 8. The SMILES string of the molecule is N#Cc1ccc(N2CCN(C(=O)COC3CCC(Nc4ccc([N+](=O)[O-])c(C(F)(F)F)c4)CC3)CC2)nc1. The van der Waals surface area contributed by atoms with Crippen molar-refractivity contribution in [3.8, 4) is 6.07 Å². The Hall–Kier alpha value is -3.92. The average molecular weight is 533 g/mol. The lowest BCUT2D eigenvalue weighted by atomic mass is 9.92. The number of aromatic nitrogens is 1. The topological polar surface area (TPSA) is 125 Å². The highest BCUT2D eigenvalue weighted by atomic mass is 19.4. The van der Waals surface area contributed by atoms with Crippen molar-refractivity contribution < 1.29 is 27.6 Å². The molecule has 1 aliphatic carbocycles. The Labute approximate surface area is 217 Å². The van der Waals surface area contributed by atoms with Crippen LogP contribution in [0.5, 0.6) is 0 Å². The molecule has 10 nitrogen and oxygen atoms in total. The fraction of sp³-hybridized carbons (Fsp3) is 0.480. The van der Waals surface area contributed by atoms with Crippen molar-refractivity contribution in [2.75, 3.05) is 43.0 Å². The Morgan fingerprint density at radius 1 is 1.16 bits per heavy atom. The third kappa shape index (κ3) is 6.69. The number of carbonyl (C=O) groups is 1. The van der Waals surface area contributed by atoms with E-state index in [-0.39, 0.29) is 30.3 Å². The minimum Gasteiger partial charge on any atom is -0.382 e. The molecule has 1 aromatic carbocycles. The first-order chi connectivity index (χ1) is 18.1. The van der Waals surface area contributed by atoms with Gasteiger partial charge in [0, 0.05) is 50.2 Å². The highest BCUT2D eigenvalue weighted by Gasteiger charge is 2.38. The first kappa shape index (κ1) is 27.1. The van der Waals surface area contributed by atoms with E-state index in [2.05, 4.69) is 15.2 Å². The summed E-state index contributed by atoms with van der Waals surface area (Å²) in [5.41, 5.74) is -1.58. The number of halogens is 3. The predicted octanol–water partition coefficient (Wildman–Crippen LogP) is 3.97. The minimum absolute atomic E-state index is 0.0326. The number of alkyl halides is 3. The second kappa shape index (κ2) is 11.6. The molecule has 2 aromatic rings. The van der Waals surface area contributed by atoms with E-state index in [1.165, 1.54) is 12.3 Å². The molecule has 2 aliphatic rings. The molecule has 2 heterocycles. The smallest absolute Gasteiger partial charge is 0.382 e. The average Bonchev–Trinajstić information content (AvgIpc) is 2.92. The molecule has 38 heavy (non-hydrogen) atoms. The van der Waals surface area contributed by atoms with Crippen LogP contribution in [0.1, 0.15) is 36.8 Å². The number of nitro benzene ring substituents is 1. The van der Waals surface area contributed by atoms with Crippen molar-refractivity contribution in [2.24, 2.45) is 0 Å². The van der Waals surface area contributed by atoms with E-state index in [9.17, 15) is 28.1 Å². The zero-order chi connectivity index (χ0) is 27.3. The predicted molar refractivity (Wildman–Crippen MR) is 131 cm³/mol. The van der Waals surface area contributed by atoms with Gasteiger partial charge in [-0.3, -0.25) is 14.9 Å². The second-order valence-corrected chi connectivity index (χ2v) is 9.30. The van der Waals surface area contributed by atoms with E-state index >= 15 is 0 Å². The number of pyridine rings is 1. The maximum atomic E-state index is 13.2. The van der Waals surface area contributed by atoms with Gasteiger partial charge in [-0.05, 0) is 49.9 Å². The molecule has 1 saturated carbocycles. The Morgan fingerprint density at radius 3 is 2.45 bits per heavy atom. The van der Waals surface area contributed by atoms with Gasteiger partial charge < -0.3 is 19.9 Å². The van der Waals surface area contributed by atoms with Gasteiger partial charge in [0.05, 0.1) is 16.6 Å². The number of amides is 1. The summed E-state index contributed by atoms with van der Waals surface area (Å²) in [4.78, 5) is 30.6. The molecule has 2 fully saturated rings. The van der Waals surface area contributed by atoms with Crippen molar-refractivity contribution in [1.82, 2.24) is 9.88 Å². The largest absolute Gasteiger partial charge is 0.423 e. The molecule has 202 valence electrons. The molecule has 1 saturated heterocycles. The molecule has 1 N–H and O–H groups in total. The molecule has 0 radical (unpaired) electrons. The van der Waals surface area contributed by atoms with Crippen LogP contribution < -0.4 is 10.2 Å². The van der Waals surface area contributed by atoms with Crippen molar-refractivity contribution in [2.45, 2.75) is 44.0 Å². The van der Waals surface area contributed by atoms with Crippen LogP contribution in [0.2, 0.25) is 0 Å². The van der Waals surface area contributed by atoms with Crippen molar-refractivity contribution in [1.29, 1.82) is 5.26 Å². The van der Waals surface area contributed by atoms with Gasteiger partial charge in [-0.15, -0.1) is 0 Å². The summed E-state index contributed by atoms with van der Waals surface area (Å²) in [6, 6.07) is 8.37. The van der Waals surface area contributed by atoms with E-state index < -0.39 is 22.4 Å². The standard InChI is InChI=1S/C25H27F3N6O4/c26-25(27,28)21-13-19(4-7-22(21)34(36)37)31-18-2-5-20(6-3-18)38-16-24(35)33-11-9-32(10-12-33)23-8-1-17(14-29)15-30-23/h1,4,7-8,13,15,18,20,31H,2-3,5-6,9-12,16H2. The fourth-order valence-electron chi connectivity index (χ4n) is 4.73. The van der Waals surface area contributed by atoms with Crippen molar-refractivity contribution in [3.05, 3.63) is 57.8 Å². The van der Waals surface area contributed by atoms with Crippen LogP contribution in [0, 0.1) is 21.4 Å². The molecule has 1 aromatic heterocycles. The van der Waals surface area contributed by atoms with Gasteiger partial charge in [-0.25, -0.2) is 4.98 Å². The molecule has 0 bridgehead atoms. The summed E-state index contributed by atoms with van der Waals surface area (Å²) in [7, 11) is 0. The summed E-state index contributed by atoms with van der Waals surface area (Å²) >= 11 is 0. The van der Waals surface area contributed by atoms with Crippen LogP contribution >= 0.6 is 0 Å². The van der Waals surface area contributed by atoms with Crippen LogP contribution in [-0.4, -0.2) is 65.6 Å². The number of piperazine rings is 1. The maximum Gasteiger partial charge on any atom is 0.423 e. The molecular formula is C25H27F3N6O4. The lowest BCUT2D eigenvalue weighted by molar-refractivity contribution is -0.388. The fourth-order valence-corrected chi connectivity index (χ4v) is 4.73. The second-order valence-electron chi connectivity index (χ2n) is 9.30. The summed E-state index contributed by atoms with van der Waals surface area (Å²) in [5.74, 6) is 0.671. The number of benzene rings is 1. The number of rotatable bonds is 7. The number of hydrogen-bond donors (Lipinski definition) is 1. The monoisotopic (exact) mass is 532 g/mol. The zero-order valence-corrected chi connectivity index (χ0v) is 20.5. The molecular weight excluding hydrogens is 505 g/mol. The number of nitro groups is 1. The van der Waals surface area contributed by atoms with Crippen molar-refractivity contribution in [3.63, 3.8) is 0 Å².